The lowest BCUT2D eigenvalue weighted by Gasteiger charge is -2.43. The summed E-state index contributed by atoms with van der Waals surface area (Å²) in [5.41, 5.74) is 1.21. The molecule has 0 fully saturated rings. The van der Waals surface area contributed by atoms with E-state index in [0.717, 1.165) is 19.3 Å². The topological polar surface area (TPSA) is 104 Å². The molecule has 2 aliphatic rings. The van der Waals surface area contributed by atoms with Crippen LogP contribution in [0.2, 0.25) is 0 Å². The van der Waals surface area contributed by atoms with Gasteiger partial charge in [0.25, 0.3) is 0 Å². The molecule has 0 aromatic rings. The van der Waals surface area contributed by atoms with Gasteiger partial charge in [0.1, 0.15) is 6.10 Å². The maximum atomic E-state index is 12.5. The van der Waals surface area contributed by atoms with Crippen LogP contribution in [0.3, 0.4) is 0 Å². The number of fused-ring (bicyclic) bond motifs is 1. The summed E-state index contributed by atoms with van der Waals surface area (Å²) in [6.45, 7) is 8.16. The summed E-state index contributed by atoms with van der Waals surface area (Å²) in [5.74, 6) is -0.406. The van der Waals surface area contributed by atoms with Crippen LogP contribution in [0.4, 0.5) is 0 Å². The van der Waals surface area contributed by atoms with Crippen LogP contribution in [0, 0.1) is 29.6 Å². The maximum Gasteiger partial charge on any atom is 0.308 e. The number of carboxylic acid groups (broad SMARTS) is 1. The fourth-order valence-electron chi connectivity index (χ4n) is 4.76. The third-order valence-corrected chi connectivity index (χ3v) is 6.67. The van der Waals surface area contributed by atoms with Crippen molar-refractivity contribution in [2.75, 3.05) is 0 Å². The molecule has 0 saturated heterocycles. The zero-order valence-electron chi connectivity index (χ0n) is 18.7. The van der Waals surface area contributed by atoms with Gasteiger partial charge in [-0.25, -0.2) is 0 Å². The zero-order valence-corrected chi connectivity index (χ0v) is 18.7. The predicted molar refractivity (Wildman–Crippen MR) is 115 cm³/mol. The molecule has 0 aromatic heterocycles. The monoisotopic (exact) mass is 422 g/mol. The van der Waals surface area contributed by atoms with Gasteiger partial charge in [-0.15, -0.1) is 0 Å². The first-order valence-corrected chi connectivity index (χ1v) is 11.3. The number of allylic oxidation sites excluding steroid dienone is 3. The van der Waals surface area contributed by atoms with E-state index >= 15 is 0 Å². The highest BCUT2D eigenvalue weighted by Crippen LogP contribution is 2.45. The third kappa shape index (κ3) is 6.67. The summed E-state index contributed by atoms with van der Waals surface area (Å²) in [4.78, 5) is 23.2. The van der Waals surface area contributed by atoms with Crippen LogP contribution < -0.4 is 0 Å². The molecule has 6 heteroatoms. The van der Waals surface area contributed by atoms with E-state index in [1.165, 1.54) is 5.57 Å². The SMILES string of the molecule is CC[C@H](C)C(=O)O[C@@H]1C[C@H](C)C=C2C=C[C@H](C)[C@H](CC[C@H](O)C[C@H](O)CC(=O)O)[C@H]21. The smallest absolute Gasteiger partial charge is 0.308 e. The minimum Gasteiger partial charge on any atom is -0.481 e. The van der Waals surface area contributed by atoms with Crippen LogP contribution in [-0.2, 0) is 14.3 Å². The Morgan fingerprint density at radius 1 is 1.23 bits per heavy atom. The van der Waals surface area contributed by atoms with Crippen molar-refractivity contribution in [1.29, 1.82) is 0 Å². The van der Waals surface area contributed by atoms with E-state index in [0.29, 0.717) is 12.3 Å². The Bertz CT molecular complexity index is 654. The number of esters is 1. The maximum absolute atomic E-state index is 12.5. The van der Waals surface area contributed by atoms with Crippen LogP contribution in [-0.4, -0.2) is 45.6 Å². The third-order valence-electron chi connectivity index (χ3n) is 6.67. The summed E-state index contributed by atoms with van der Waals surface area (Å²) in [6, 6.07) is 0. The molecular weight excluding hydrogens is 384 g/mol. The van der Waals surface area contributed by atoms with Crippen LogP contribution in [0.1, 0.15) is 66.2 Å². The van der Waals surface area contributed by atoms with E-state index < -0.39 is 18.2 Å². The van der Waals surface area contributed by atoms with Gasteiger partial charge in [0.2, 0.25) is 0 Å². The van der Waals surface area contributed by atoms with Gasteiger partial charge in [0, 0.05) is 5.92 Å². The second-order valence-electron chi connectivity index (χ2n) is 9.29. The lowest BCUT2D eigenvalue weighted by molar-refractivity contribution is -0.158. The predicted octanol–water partition coefficient (Wildman–Crippen LogP) is 3.72. The van der Waals surface area contributed by atoms with Crippen molar-refractivity contribution in [1.82, 2.24) is 0 Å². The van der Waals surface area contributed by atoms with Gasteiger partial charge in [0.05, 0.1) is 24.5 Å². The number of aliphatic hydroxyl groups excluding tert-OH is 2. The van der Waals surface area contributed by atoms with Crippen molar-refractivity contribution < 1.29 is 29.6 Å². The Labute approximate surface area is 180 Å². The molecule has 30 heavy (non-hydrogen) atoms. The first kappa shape index (κ1) is 24.6. The first-order chi connectivity index (χ1) is 14.1. The lowest BCUT2D eigenvalue weighted by atomic mass is 9.65. The minimum atomic E-state index is -1.07. The summed E-state index contributed by atoms with van der Waals surface area (Å²) >= 11 is 0. The standard InChI is InChI=1S/C24H38O6/c1-5-15(3)24(29)30-21-11-14(2)10-17-7-6-16(4)20(23(17)21)9-8-18(25)12-19(26)13-22(27)28/h6-7,10,14-16,18-21,23,25-26H,5,8-9,11-13H2,1-4H3,(H,27,28)/t14-,15+,16+,18+,19+,20+,21-,23+/m1/s1. The molecule has 0 unspecified atom stereocenters. The highest BCUT2D eigenvalue weighted by atomic mass is 16.5. The summed E-state index contributed by atoms with van der Waals surface area (Å²) in [6.07, 6.45) is 7.07. The van der Waals surface area contributed by atoms with E-state index in [4.69, 9.17) is 9.84 Å². The molecule has 3 N–H and O–H groups in total. The van der Waals surface area contributed by atoms with Crippen molar-refractivity contribution in [3.8, 4) is 0 Å². The zero-order chi connectivity index (χ0) is 22.4. The molecule has 2 aliphatic carbocycles. The van der Waals surface area contributed by atoms with Gasteiger partial charge in [0.15, 0.2) is 0 Å². The fourth-order valence-corrected chi connectivity index (χ4v) is 4.76. The Kier molecular flexibility index (Phi) is 9.10. The fraction of sp³-hybridized carbons (Fsp3) is 0.750. The quantitative estimate of drug-likeness (QED) is 0.464. The molecule has 0 bridgehead atoms. The highest BCUT2D eigenvalue weighted by molar-refractivity contribution is 5.72. The molecule has 8 atom stereocenters. The number of hydrogen-bond donors (Lipinski definition) is 3. The molecule has 6 nitrogen and oxygen atoms in total. The number of carboxylic acids is 1. The Balaban J connectivity index is 2.09. The second kappa shape index (κ2) is 11.1. The molecule has 0 aliphatic heterocycles. The van der Waals surface area contributed by atoms with Gasteiger partial charge in [-0.05, 0) is 55.4 Å². The van der Waals surface area contributed by atoms with Crippen LogP contribution in [0.15, 0.2) is 23.8 Å². The molecule has 0 heterocycles. The molecule has 0 radical (unpaired) electrons. The van der Waals surface area contributed by atoms with Crippen molar-refractivity contribution >= 4 is 11.9 Å². The number of rotatable bonds is 10. The second-order valence-corrected chi connectivity index (χ2v) is 9.29. The van der Waals surface area contributed by atoms with Crippen molar-refractivity contribution in [2.45, 2.75) is 84.5 Å². The first-order valence-electron chi connectivity index (χ1n) is 11.3. The van der Waals surface area contributed by atoms with Crippen molar-refractivity contribution in [3.63, 3.8) is 0 Å². The summed E-state index contributed by atoms with van der Waals surface area (Å²) < 4.78 is 6.00. The molecule has 0 spiro atoms. The number of aliphatic carboxylic acids is 1. The largest absolute Gasteiger partial charge is 0.481 e. The highest BCUT2D eigenvalue weighted by Gasteiger charge is 2.41. The summed E-state index contributed by atoms with van der Waals surface area (Å²) in [7, 11) is 0. The van der Waals surface area contributed by atoms with E-state index in [2.05, 4.69) is 32.1 Å². The molecule has 0 saturated carbocycles. The normalized spacial score (nSPS) is 31.3. The average Bonchev–Trinajstić information content (AvgIpc) is 2.65. The number of aliphatic hydroxyl groups is 2. The van der Waals surface area contributed by atoms with Gasteiger partial charge in [-0.2, -0.15) is 0 Å². The molecule has 170 valence electrons. The lowest BCUT2D eigenvalue weighted by Crippen LogP contribution is -2.41. The molecule has 0 aromatic carbocycles. The molecular formula is C24H38O6. The Hall–Kier alpha value is -1.66. The van der Waals surface area contributed by atoms with E-state index in [1.807, 2.05) is 13.8 Å². The van der Waals surface area contributed by atoms with Crippen molar-refractivity contribution in [3.05, 3.63) is 23.8 Å². The number of ether oxygens (including phenoxy) is 1. The minimum absolute atomic E-state index is 0.0556. The number of carbonyl (C=O) groups is 2. The number of carbonyl (C=O) groups excluding carboxylic acids is 1. The van der Waals surface area contributed by atoms with Crippen molar-refractivity contribution in [2.24, 2.45) is 29.6 Å². The molecule has 0 amide bonds. The Morgan fingerprint density at radius 2 is 1.93 bits per heavy atom. The summed E-state index contributed by atoms with van der Waals surface area (Å²) in [5, 5.41) is 28.9. The Morgan fingerprint density at radius 3 is 2.57 bits per heavy atom. The molecule has 2 rings (SSSR count). The van der Waals surface area contributed by atoms with Gasteiger partial charge in [-0.3, -0.25) is 9.59 Å². The average molecular weight is 423 g/mol. The van der Waals surface area contributed by atoms with Crippen LogP contribution in [0.25, 0.3) is 0 Å². The van der Waals surface area contributed by atoms with Gasteiger partial charge < -0.3 is 20.1 Å². The van der Waals surface area contributed by atoms with Gasteiger partial charge >= 0.3 is 11.9 Å². The van der Waals surface area contributed by atoms with E-state index in [9.17, 15) is 19.8 Å². The van der Waals surface area contributed by atoms with E-state index in [-0.39, 0.29) is 48.6 Å². The van der Waals surface area contributed by atoms with Crippen LogP contribution in [0.5, 0.6) is 0 Å². The van der Waals surface area contributed by atoms with Gasteiger partial charge in [-0.1, -0.05) is 45.9 Å². The van der Waals surface area contributed by atoms with Crippen LogP contribution >= 0.6 is 0 Å². The number of hydrogen-bond acceptors (Lipinski definition) is 5. The van der Waals surface area contributed by atoms with E-state index in [1.54, 1.807) is 0 Å².